The summed E-state index contributed by atoms with van der Waals surface area (Å²) in [7, 11) is 1.88. The van der Waals surface area contributed by atoms with Gasteiger partial charge in [-0.15, -0.1) is 0 Å². The maximum Gasteiger partial charge on any atom is 0.197 e. The van der Waals surface area contributed by atoms with Crippen molar-refractivity contribution in [2.45, 2.75) is 6.92 Å². The van der Waals surface area contributed by atoms with Crippen molar-refractivity contribution >= 4 is 12.2 Å². The van der Waals surface area contributed by atoms with Crippen molar-refractivity contribution in [3.8, 4) is 11.3 Å². The number of hydrogen-bond acceptors (Lipinski definition) is 3. The highest BCUT2D eigenvalue weighted by atomic mass is 32.1. The van der Waals surface area contributed by atoms with E-state index in [1.165, 1.54) is 0 Å². The molecule has 0 saturated heterocycles. The van der Waals surface area contributed by atoms with Gasteiger partial charge in [0.05, 0.1) is 11.9 Å². The number of hydrogen-bond donors (Lipinski definition) is 1. The van der Waals surface area contributed by atoms with Gasteiger partial charge in [-0.1, -0.05) is 0 Å². The molecule has 0 aliphatic rings. The molecule has 0 unspecified atom stereocenters. The van der Waals surface area contributed by atoms with E-state index in [0.29, 0.717) is 4.77 Å². The Labute approximate surface area is 86.6 Å². The molecule has 0 saturated carbocycles. The molecule has 0 radical (unpaired) electrons. The molecule has 0 aliphatic carbocycles. The molecule has 0 spiro atoms. The average molecular weight is 206 g/mol. The third-order valence-electron chi connectivity index (χ3n) is 2.00. The van der Waals surface area contributed by atoms with Crippen molar-refractivity contribution in [1.82, 2.24) is 19.7 Å². The first-order valence-electron chi connectivity index (χ1n) is 4.22. The second kappa shape index (κ2) is 3.34. The number of rotatable bonds is 1. The van der Waals surface area contributed by atoms with Crippen LogP contribution in [0.5, 0.6) is 0 Å². The topological polar surface area (TPSA) is 46.5 Å². The smallest absolute Gasteiger partial charge is 0.197 e. The minimum absolute atomic E-state index is 0.495. The van der Waals surface area contributed by atoms with Gasteiger partial charge in [0.15, 0.2) is 4.77 Å². The number of aromatic amines is 1. The van der Waals surface area contributed by atoms with Crippen LogP contribution in [0, 0.1) is 11.7 Å². The molecule has 72 valence electrons. The van der Waals surface area contributed by atoms with E-state index in [0.717, 1.165) is 16.8 Å². The van der Waals surface area contributed by atoms with E-state index in [1.54, 1.807) is 17.1 Å². The molecule has 14 heavy (non-hydrogen) atoms. The molecular formula is C9H10N4S. The Morgan fingerprint density at radius 3 is 2.86 bits per heavy atom. The monoisotopic (exact) mass is 206 g/mol. The van der Waals surface area contributed by atoms with E-state index >= 15 is 0 Å². The summed E-state index contributed by atoms with van der Waals surface area (Å²) in [6, 6.07) is 0. The van der Waals surface area contributed by atoms with E-state index in [2.05, 4.69) is 15.1 Å². The van der Waals surface area contributed by atoms with Crippen molar-refractivity contribution in [3.63, 3.8) is 0 Å². The van der Waals surface area contributed by atoms with Gasteiger partial charge >= 0.3 is 0 Å². The van der Waals surface area contributed by atoms with E-state index < -0.39 is 0 Å². The maximum atomic E-state index is 4.97. The van der Waals surface area contributed by atoms with Crippen LogP contribution in [0.4, 0.5) is 0 Å². The van der Waals surface area contributed by atoms with Gasteiger partial charge in [0.1, 0.15) is 0 Å². The van der Waals surface area contributed by atoms with Crippen LogP contribution in [0.3, 0.4) is 0 Å². The number of H-pyrrole nitrogens is 1. The van der Waals surface area contributed by atoms with Crippen LogP contribution in [0.25, 0.3) is 11.3 Å². The van der Waals surface area contributed by atoms with E-state index in [4.69, 9.17) is 12.2 Å². The summed E-state index contributed by atoms with van der Waals surface area (Å²) in [6.45, 7) is 1.99. The molecule has 4 nitrogen and oxygen atoms in total. The molecule has 0 atom stereocenters. The van der Waals surface area contributed by atoms with Gasteiger partial charge in [0.2, 0.25) is 0 Å². The number of aryl methyl sites for hydroxylation is 2. The van der Waals surface area contributed by atoms with Crippen molar-refractivity contribution < 1.29 is 0 Å². The summed E-state index contributed by atoms with van der Waals surface area (Å²) < 4.78 is 2.25. The fourth-order valence-electron chi connectivity index (χ4n) is 1.31. The number of aromatic nitrogens is 4. The maximum absolute atomic E-state index is 4.97. The normalized spacial score (nSPS) is 10.4. The lowest BCUT2D eigenvalue weighted by Crippen LogP contribution is -1.90. The van der Waals surface area contributed by atoms with E-state index in [9.17, 15) is 0 Å². The van der Waals surface area contributed by atoms with Crippen molar-refractivity contribution in [3.05, 3.63) is 28.9 Å². The van der Waals surface area contributed by atoms with Gasteiger partial charge in [0.25, 0.3) is 0 Å². The van der Waals surface area contributed by atoms with Crippen molar-refractivity contribution in [2.24, 2.45) is 7.05 Å². The fourth-order valence-corrected chi connectivity index (χ4v) is 1.46. The Hall–Kier alpha value is -1.49. The third kappa shape index (κ3) is 1.58. The van der Waals surface area contributed by atoms with E-state index in [1.807, 2.05) is 20.2 Å². The summed E-state index contributed by atoms with van der Waals surface area (Å²) in [5.74, 6) is 0. The molecule has 5 heteroatoms. The lowest BCUT2D eigenvalue weighted by Gasteiger charge is -2.01. The summed E-state index contributed by atoms with van der Waals surface area (Å²) in [4.78, 5) is 7.06. The van der Waals surface area contributed by atoms with Gasteiger partial charge in [-0.3, -0.25) is 4.68 Å². The van der Waals surface area contributed by atoms with Gasteiger partial charge in [-0.25, -0.2) is 4.98 Å². The van der Waals surface area contributed by atoms with E-state index in [-0.39, 0.29) is 0 Å². The van der Waals surface area contributed by atoms with Crippen LogP contribution in [0.15, 0.2) is 18.6 Å². The Morgan fingerprint density at radius 2 is 2.21 bits per heavy atom. The zero-order chi connectivity index (χ0) is 10.1. The van der Waals surface area contributed by atoms with Crippen LogP contribution in [0.1, 0.15) is 5.56 Å². The minimum atomic E-state index is 0.495. The first kappa shape index (κ1) is 9.08. The molecule has 2 aromatic heterocycles. The molecule has 2 heterocycles. The van der Waals surface area contributed by atoms with Crippen molar-refractivity contribution in [2.75, 3.05) is 0 Å². The molecule has 2 rings (SSSR count). The molecule has 0 bridgehead atoms. The van der Waals surface area contributed by atoms with Crippen LogP contribution in [0.2, 0.25) is 0 Å². The second-order valence-corrected chi connectivity index (χ2v) is 3.54. The number of nitrogens with one attached hydrogen (secondary N) is 1. The first-order chi connectivity index (χ1) is 6.66. The molecule has 0 fully saturated rings. The van der Waals surface area contributed by atoms with Crippen LogP contribution in [-0.2, 0) is 7.05 Å². The summed E-state index contributed by atoms with van der Waals surface area (Å²) in [6.07, 6.45) is 5.50. The standard InChI is InChI=1S/C9H10N4S/c1-6-3-10-9(14)12-8(6)7-4-11-13(2)5-7/h3-5H,1-2H3,(H,10,12,14). The van der Waals surface area contributed by atoms with Crippen LogP contribution < -0.4 is 0 Å². The zero-order valence-electron chi connectivity index (χ0n) is 7.98. The van der Waals surface area contributed by atoms with Crippen LogP contribution in [-0.4, -0.2) is 19.7 Å². The fraction of sp³-hybridized carbons (Fsp3) is 0.222. The highest BCUT2D eigenvalue weighted by Crippen LogP contribution is 2.18. The Bertz CT molecular complexity index is 512. The lowest BCUT2D eigenvalue weighted by molar-refractivity contribution is 0.768. The van der Waals surface area contributed by atoms with Gasteiger partial charge in [0, 0.05) is 25.0 Å². The molecule has 0 amide bonds. The van der Waals surface area contributed by atoms with Crippen molar-refractivity contribution in [1.29, 1.82) is 0 Å². The van der Waals surface area contributed by atoms with Crippen LogP contribution >= 0.6 is 12.2 Å². The Morgan fingerprint density at radius 1 is 1.43 bits per heavy atom. The largest absolute Gasteiger partial charge is 0.330 e. The highest BCUT2D eigenvalue weighted by Gasteiger charge is 2.03. The molecular weight excluding hydrogens is 196 g/mol. The second-order valence-electron chi connectivity index (χ2n) is 3.15. The molecule has 0 aromatic carbocycles. The predicted octanol–water partition coefficient (Wildman–Crippen LogP) is 1.85. The quantitative estimate of drug-likeness (QED) is 0.724. The SMILES string of the molecule is Cc1cnc(=S)[nH]c1-c1cnn(C)c1. The summed E-state index contributed by atoms with van der Waals surface area (Å²) in [5.41, 5.74) is 3.07. The van der Waals surface area contributed by atoms with Gasteiger partial charge < -0.3 is 4.98 Å². The molecule has 0 aliphatic heterocycles. The summed E-state index contributed by atoms with van der Waals surface area (Å²) >= 11 is 4.97. The predicted molar refractivity (Wildman–Crippen MR) is 56.4 cm³/mol. The van der Waals surface area contributed by atoms with Gasteiger partial charge in [-0.2, -0.15) is 5.10 Å². The third-order valence-corrected chi connectivity index (χ3v) is 2.20. The summed E-state index contributed by atoms with van der Waals surface area (Å²) in [5, 5.41) is 4.11. The highest BCUT2D eigenvalue weighted by molar-refractivity contribution is 7.71. The zero-order valence-corrected chi connectivity index (χ0v) is 8.80. The molecule has 1 N–H and O–H groups in total. The number of nitrogens with zero attached hydrogens (tertiary/aromatic N) is 3. The molecule has 2 aromatic rings. The minimum Gasteiger partial charge on any atom is -0.330 e. The Balaban J connectivity index is 2.61. The first-order valence-corrected chi connectivity index (χ1v) is 4.62. The Kier molecular flexibility index (Phi) is 2.17. The van der Waals surface area contributed by atoms with Gasteiger partial charge in [-0.05, 0) is 24.7 Å². The lowest BCUT2D eigenvalue weighted by atomic mass is 10.2. The average Bonchev–Trinajstić information content (AvgIpc) is 2.56.